The summed E-state index contributed by atoms with van der Waals surface area (Å²) in [4.78, 5) is 40.5. The highest BCUT2D eigenvalue weighted by Crippen LogP contribution is 2.45. The molecular formula is C36H43ClN2O9. The number of amides is 2. The van der Waals surface area contributed by atoms with Crippen LogP contribution in [0.2, 0.25) is 5.02 Å². The first-order valence-corrected chi connectivity index (χ1v) is 15.9. The van der Waals surface area contributed by atoms with Crippen molar-refractivity contribution in [2.75, 3.05) is 38.8 Å². The van der Waals surface area contributed by atoms with E-state index in [0.29, 0.717) is 45.5 Å². The maximum Gasteiger partial charge on any atom is 0.347 e. The van der Waals surface area contributed by atoms with Crippen LogP contribution in [0.4, 0.5) is 5.69 Å². The molecule has 11 nitrogen and oxygen atoms in total. The second-order valence-electron chi connectivity index (χ2n) is 12.9. The number of carboxylic acid groups (broad SMARTS) is 1. The quantitative estimate of drug-likeness (QED) is 0.209. The van der Waals surface area contributed by atoms with Crippen LogP contribution in [0.15, 0.2) is 60.7 Å². The predicted octanol–water partition coefficient (Wildman–Crippen LogP) is 5.19. The molecule has 0 spiro atoms. The number of carbonyl (C=O) groups is 3. The maximum atomic E-state index is 14.2. The molecule has 3 aromatic rings. The van der Waals surface area contributed by atoms with Gasteiger partial charge in [0.1, 0.15) is 18.0 Å². The number of carbonyl (C=O) groups excluding carboxylic acids is 2. The van der Waals surface area contributed by atoms with E-state index in [1.165, 1.54) is 28.1 Å². The van der Waals surface area contributed by atoms with Gasteiger partial charge in [0, 0.05) is 46.9 Å². The number of ether oxygens (including phenoxy) is 4. The average Bonchev–Trinajstić information content (AvgIpc) is 3.15. The molecule has 1 aliphatic rings. The lowest BCUT2D eigenvalue weighted by molar-refractivity contribution is -0.152. The number of methoxy groups -OCH3 is 2. The fraction of sp³-hybridized carbons (Fsp3) is 0.417. The Hall–Kier alpha value is -4.32. The van der Waals surface area contributed by atoms with Gasteiger partial charge >= 0.3 is 5.97 Å². The van der Waals surface area contributed by atoms with Crippen molar-refractivity contribution in [2.45, 2.75) is 58.3 Å². The van der Waals surface area contributed by atoms with E-state index in [4.69, 9.17) is 30.5 Å². The number of aliphatic carboxylic acids is 1. The number of anilines is 1. The average molecular weight is 683 g/mol. The Labute approximate surface area is 285 Å². The first kappa shape index (κ1) is 36.5. The molecule has 48 heavy (non-hydrogen) atoms. The Bertz CT molecular complexity index is 1620. The summed E-state index contributed by atoms with van der Waals surface area (Å²) in [5.41, 5.74) is 0.576. The molecule has 2 atom stereocenters. The molecule has 0 saturated heterocycles. The first-order chi connectivity index (χ1) is 22.7. The number of fused-ring (bicyclic) bond motifs is 1. The topological polar surface area (TPSA) is 144 Å². The highest BCUT2D eigenvalue weighted by molar-refractivity contribution is 6.30. The number of hydrogen-bond acceptors (Lipinski definition) is 8. The highest BCUT2D eigenvalue weighted by atomic mass is 35.5. The number of aliphatic hydroxyl groups is 1. The summed E-state index contributed by atoms with van der Waals surface area (Å²) in [7, 11) is 3.04. The number of benzene rings is 3. The number of para-hydroxylation sites is 1. The van der Waals surface area contributed by atoms with E-state index in [2.05, 4.69) is 5.32 Å². The fourth-order valence-corrected chi connectivity index (χ4v) is 5.54. The van der Waals surface area contributed by atoms with E-state index >= 15 is 0 Å². The second kappa shape index (κ2) is 15.3. The molecule has 0 aliphatic carbocycles. The third-order valence-corrected chi connectivity index (χ3v) is 8.29. The van der Waals surface area contributed by atoms with E-state index in [9.17, 15) is 24.6 Å². The van der Waals surface area contributed by atoms with Gasteiger partial charge < -0.3 is 39.4 Å². The van der Waals surface area contributed by atoms with Gasteiger partial charge in [-0.15, -0.1) is 0 Å². The van der Waals surface area contributed by atoms with Gasteiger partial charge in [0.25, 0.3) is 5.91 Å². The Morgan fingerprint density at radius 3 is 2.33 bits per heavy atom. The molecule has 0 saturated carbocycles. The van der Waals surface area contributed by atoms with Gasteiger partial charge in [-0.25, -0.2) is 4.79 Å². The zero-order valence-electron chi connectivity index (χ0n) is 28.0. The molecule has 3 aromatic carbocycles. The predicted molar refractivity (Wildman–Crippen MR) is 181 cm³/mol. The Kier molecular flexibility index (Phi) is 11.6. The second-order valence-corrected chi connectivity index (χ2v) is 13.3. The van der Waals surface area contributed by atoms with Gasteiger partial charge in [-0.2, -0.15) is 0 Å². The lowest BCUT2D eigenvalue weighted by Gasteiger charge is -2.32. The number of hydrogen-bond donors (Lipinski definition) is 3. The van der Waals surface area contributed by atoms with E-state index in [1.54, 1.807) is 59.5 Å². The lowest BCUT2D eigenvalue weighted by atomic mass is 9.92. The van der Waals surface area contributed by atoms with Gasteiger partial charge in [-0.3, -0.25) is 9.59 Å². The van der Waals surface area contributed by atoms with Gasteiger partial charge in [-0.1, -0.05) is 49.7 Å². The number of rotatable bonds is 14. The Morgan fingerprint density at radius 1 is 1.00 bits per heavy atom. The summed E-state index contributed by atoms with van der Waals surface area (Å²) >= 11 is 6.49. The van der Waals surface area contributed by atoms with Crippen LogP contribution in [0.1, 0.15) is 56.9 Å². The monoisotopic (exact) mass is 682 g/mol. The van der Waals surface area contributed by atoms with Crippen molar-refractivity contribution >= 4 is 35.1 Å². The molecule has 3 N–H and O–H groups in total. The Morgan fingerprint density at radius 2 is 1.71 bits per heavy atom. The molecule has 0 radical (unpaired) electrons. The van der Waals surface area contributed by atoms with Gasteiger partial charge in [0.05, 0.1) is 20.6 Å². The van der Waals surface area contributed by atoms with Crippen LogP contribution >= 0.6 is 11.6 Å². The largest absolute Gasteiger partial charge is 0.493 e. The van der Waals surface area contributed by atoms with Crippen LogP contribution in [0.25, 0.3) is 0 Å². The summed E-state index contributed by atoms with van der Waals surface area (Å²) in [6, 6.07) is 17.5. The molecule has 0 fully saturated rings. The molecule has 0 unspecified atom stereocenters. The SMILES string of the molecule is COc1cccc([C@H]2O[C@H](CC(=O)NCCc3ccc(OC(C)(C)C(=O)O)cc3)C(=O)N(CC(C)(C)CO)c3ccc(Cl)cc32)c1OC. The minimum absolute atomic E-state index is 0.157. The standard InChI is InChI=1S/C36H43ClN2O9/c1-35(2,21-40)20-39-27-15-12-23(37)18-26(27)31(25-8-7-9-28(45-5)32(25)46-6)47-29(33(39)42)19-30(41)38-17-16-22-10-13-24(14-11-22)48-36(3,4)34(43)44/h7-15,18,29,31,40H,16-17,19-21H2,1-6H3,(H,38,41)(H,43,44)/t29-,31-/m1/s1. The molecule has 4 rings (SSSR count). The van der Waals surface area contributed by atoms with Crippen LogP contribution in [-0.2, 0) is 25.5 Å². The molecule has 2 amide bonds. The van der Waals surface area contributed by atoms with Crippen molar-refractivity contribution in [3.05, 3.63) is 82.4 Å². The molecule has 1 aliphatic heterocycles. The molecule has 258 valence electrons. The third kappa shape index (κ3) is 8.58. The molecule has 1 heterocycles. The van der Waals surface area contributed by atoms with Crippen molar-refractivity contribution < 1.29 is 43.5 Å². The van der Waals surface area contributed by atoms with E-state index in [0.717, 1.165) is 5.56 Å². The maximum absolute atomic E-state index is 14.2. The van der Waals surface area contributed by atoms with Crippen LogP contribution in [0, 0.1) is 5.41 Å². The number of carboxylic acids is 1. The fourth-order valence-electron chi connectivity index (χ4n) is 5.35. The molecule has 0 aromatic heterocycles. The normalized spacial score (nSPS) is 16.5. The summed E-state index contributed by atoms with van der Waals surface area (Å²) in [5, 5.41) is 22.7. The van der Waals surface area contributed by atoms with Crippen LogP contribution in [0.5, 0.6) is 17.2 Å². The van der Waals surface area contributed by atoms with E-state index in [-0.39, 0.29) is 26.1 Å². The first-order valence-electron chi connectivity index (χ1n) is 15.6. The van der Waals surface area contributed by atoms with Crippen LogP contribution in [-0.4, -0.2) is 73.6 Å². The Balaban J connectivity index is 1.59. The van der Waals surface area contributed by atoms with Gasteiger partial charge in [0.2, 0.25) is 5.91 Å². The summed E-state index contributed by atoms with van der Waals surface area (Å²) in [5.74, 6) is -0.600. The number of nitrogens with zero attached hydrogens (tertiary/aromatic N) is 1. The summed E-state index contributed by atoms with van der Waals surface area (Å²) in [6.07, 6.45) is -1.84. The molecule has 12 heteroatoms. The summed E-state index contributed by atoms with van der Waals surface area (Å²) in [6.45, 7) is 6.89. The van der Waals surface area contributed by atoms with E-state index < -0.39 is 41.0 Å². The number of aliphatic hydroxyl groups excluding tert-OH is 1. The zero-order valence-corrected chi connectivity index (χ0v) is 28.8. The molecular weight excluding hydrogens is 640 g/mol. The van der Waals surface area contributed by atoms with Crippen molar-refractivity contribution in [3.8, 4) is 17.2 Å². The van der Waals surface area contributed by atoms with E-state index in [1.807, 2.05) is 19.9 Å². The van der Waals surface area contributed by atoms with Crippen molar-refractivity contribution in [2.24, 2.45) is 5.41 Å². The van der Waals surface area contributed by atoms with Crippen LogP contribution < -0.4 is 24.4 Å². The highest BCUT2D eigenvalue weighted by Gasteiger charge is 2.40. The van der Waals surface area contributed by atoms with Crippen LogP contribution in [0.3, 0.4) is 0 Å². The lowest BCUT2D eigenvalue weighted by Crippen LogP contribution is -2.46. The van der Waals surface area contributed by atoms with Crippen molar-refractivity contribution in [1.29, 1.82) is 0 Å². The third-order valence-electron chi connectivity index (χ3n) is 8.05. The van der Waals surface area contributed by atoms with Gasteiger partial charge in [-0.05, 0) is 62.2 Å². The number of halogens is 1. The molecule has 0 bridgehead atoms. The smallest absolute Gasteiger partial charge is 0.347 e. The summed E-state index contributed by atoms with van der Waals surface area (Å²) < 4.78 is 23.4. The van der Waals surface area contributed by atoms with Crippen molar-refractivity contribution in [3.63, 3.8) is 0 Å². The van der Waals surface area contributed by atoms with Gasteiger partial charge in [0.15, 0.2) is 17.1 Å². The zero-order chi connectivity index (χ0) is 35.2. The minimum atomic E-state index is -1.37. The van der Waals surface area contributed by atoms with Crippen molar-refractivity contribution in [1.82, 2.24) is 5.32 Å². The minimum Gasteiger partial charge on any atom is -0.493 e. The number of nitrogens with one attached hydrogen (secondary N) is 1.